The number of hydrogen-bond acceptors (Lipinski definition) is 0. The summed E-state index contributed by atoms with van der Waals surface area (Å²) >= 11 is 0. The lowest BCUT2D eigenvalue weighted by atomic mass is 9.91. The second kappa shape index (κ2) is 12.4. The van der Waals surface area contributed by atoms with Gasteiger partial charge in [0.15, 0.2) is 0 Å². The van der Waals surface area contributed by atoms with Crippen LogP contribution < -0.4 is 0 Å². The van der Waals surface area contributed by atoms with Gasteiger partial charge in [0.05, 0.1) is 8.07 Å². The summed E-state index contributed by atoms with van der Waals surface area (Å²) in [5.74, 6) is 0. The average molecular weight is 729 g/mol. The molecule has 0 saturated carbocycles. The Labute approximate surface area is 325 Å². The van der Waals surface area contributed by atoms with E-state index in [2.05, 4.69) is 190 Å². The van der Waals surface area contributed by atoms with E-state index >= 15 is 0 Å². The highest BCUT2D eigenvalue weighted by molar-refractivity contribution is 6.81. The van der Waals surface area contributed by atoms with Gasteiger partial charge in [0.2, 0.25) is 0 Å². The van der Waals surface area contributed by atoms with Crippen LogP contribution in [0.1, 0.15) is 60.0 Å². The maximum atomic E-state index is 4.16. The summed E-state index contributed by atoms with van der Waals surface area (Å²) in [4.78, 5) is 0. The second-order valence-corrected chi connectivity index (χ2v) is 21.6. The van der Waals surface area contributed by atoms with Crippen molar-refractivity contribution in [3.8, 4) is 22.3 Å². The first-order valence-electron chi connectivity index (χ1n) is 19.9. The van der Waals surface area contributed by atoms with Gasteiger partial charge in [0.25, 0.3) is 0 Å². The number of para-hydroxylation sites is 2. The zero-order valence-electron chi connectivity index (χ0n) is 32.9. The van der Waals surface area contributed by atoms with Crippen LogP contribution in [0.5, 0.6) is 0 Å². The van der Waals surface area contributed by atoms with Crippen molar-refractivity contribution in [1.82, 2.24) is 9.13 Å². The predicted molar refractivity (Wildman–Crippen MR) is 240 cm³/mol. The molecule has 8 aromatic rings. The summed E-state index contributed by atoms with van der Waals surface area (Å²) in [6, 6.07) is 46.0. The summed E-state index contributed by atoms with van der Waals surface area (Å²) in [5.41, 5.74) is 21.8. The monoisotopic (exact) mass is 728 g/mol. The minimum atomic E-state index is -2.11. The molecule has 0 N–H and O–H groups in total. The Balaban J connectivity index is 1.10. The predicted octanol–water partition coefficient (Wildman–Crippen LogP) is 14.1. The Morgan fingerprint density at radius 2 is 1.15 bits per heavy atom. The minimum absolute atomic E-state index is 0.415. The Kier molecular flexibility index (Phi) is 7.67. The third-order valence-electron chi connectivity index (χ3n) is 13.4. The van der Waals surface area contributed by atoms with Gasteiger partial charge in [-0.15, -0.1) is 6.58 Å². The highest BCUT2D eigenvalue weighted by Gasteiger charge is 2.48. The van der Waals surface area contributed by atoms with Crippen LogP contribution >= 0.6 is 0 Å². The molecule has 2 aromatic heterocycles. The zero-order valence-corrected chi connectivity index (χ0v) is 33.9. The Bertz CT molecular complexity index is 2980. The molecule has 2 aliphatic carbocycles. The first-order chi connectivity index (χ1) is 26.7. The van der Waals surface area contributed by atoms with Crippen molar-refractivity contribution in [2.45, 2.75) is 50.9 Å². The average Bonchev–Trinajstić information content (AvgIpc) is 3.89. The van der Waals surface area contributed by atoms with E-state index in [1.54, 1.807) is 5.57 Å². The van der Waals surface area contributed by atoms with Crippen LogP contribution in [0.3, 0.4) is 0 Å². The van der Waals surface area contributed by atoms with Gasteiger partial charge < -0.3 is 9.13 Å². The van der Waals surface area contributed by atoms with Crippen LogP contribution in [0.25, 0.3) is 77.5 Å². The van der Waals surface area contributed by atoms with E-state index in [0.717, 1.165) is 12.8 Å². The van der Waals surface area contributed by atoms with Gasteiger partial charge in [-0.05, 0) is 113 Å². The van der Waals surface area contributed by atoms with Crippen molar-refractivity contribution < 1.29 is 0 Å². The maximum absolute atomic E-state index is 4.16. The molecule has 2 nitrogen and oxygen atoms in total. The van der Waals surface area contributed by atoms with Crippen molar-refractivity contribution >= 4 is 63.3 Å². The molecule has 6 aromatic carbocycles. The van der Waals surface area contributed by atoms with E-state index < -0.39 is 8.07 Å². The molecule has 3 heteroatoms. The highest BCUT2D eigenvalue weighted by atomic mass is 28.3. The molecule has 2 heterocycles. The quantitative estimate of drug-likeness (QED) is 0.114. The third-order valence-corrected chi connectivity index (χ3v) is 17.9. The fourth-order valence-electron chi connectivity index (χ4n) is 11.1. The molecule has 2 unspecified atom stereocenters. The van der Waals surface area contributed by atoms with E-state index in [1.165, 1.54) is 99.3 Å². The SMILES string of the molecule is C=CCCC1=C(C)C([Si](C)(C)C2C(C)=Cc3c(-c4ccc5c(c4)c4ccccc4n5C)cccc32)c2cccc(-c3ccc4c(c3)c3ccccc3n4C)c21. The van der Waals surface area contributed by atoms with Crippen LogP contribution in [0.2, 0.25) is 13.1 Å². The van der Waals surface area contributed by atoms with E-state index in [-0.39, 0.29) is 0 Å². The van der Waals surface area contributed by atoms with Crippen molar-refractivity contribution in [2.24, 2.45) is 14.1 Å². The molecule has 10 rings (SSSR count). The number of fused-ring (bicyclic) bond motifs is 8. The van der Waals surface area contributed by atoms with Crippen molar-refractivity contribution in [1.29, 1.82) is 0 Å². The van der Waals surface area contributed by atoms with Crippen molar-refractivity contribution in [3.05, 3.63) is 167 Å². The smallest absolute Gasteiger partial charge is 0.0722 e. The fraction of sp³-hybridized carbons (Fsp3) is 0.192. The number of benzene rings is 6. The lowest BCUT2D eigenvalue weighted by Gasteiger charge is -2.39. The number of allylic oxidation sites excluding steroid dienone is 4. The number of rotatable bonds is 7. The van der Waals surface area contributed by atoms with Gasteiger partial charge in [-0.3, -0.25) is 0 Å². The van der Waals surface area contributed by atoms with Crippen LogP contribution in [-0.2, 0) is 14.1 Å². The number of hydrogen-bond donors (Lipinski definition) is 0. The maximum Gasteiger partial charge on any atom is 0.0722 e. The molecule has 0 saturated heterocycles. The fourth-order valence-corrected chi connectivity index (χ4v) is 16.1. The molecule has 0 aliphatic heterocycles. The first-order valence-corrected chi connectivity index (χ1v) is 23.0. The van der Waals surface area contributed by atoms with Crippen LogP contribution in [0.4, 0.5) is 0 Å². The first kappa shape index (κ1) is 33.9. The Hall–Kier alpha value is -5.64. The van der Waals surface area contributed by atoms with E-state index in [9.17, 15) is 0 Å². The largest absolute Gasteiger partial charge is 0.344 e. The Morgan fingerprint density at radius 3 is 1.76 bits per heavy atom. The lowest BCUT2D eigenvalue weighted by molar-refractivity contribution is 0.964. The number of nitrogens with zero attached hydrogens (tertiary/aromatic N) is 2. The van der Waals surface area contributed by atoms with Gasteiger partial charge in [-0.2, -0.15) is 0 Å². The number of aromatic nitrogens is 2. The second-order valence-electron chi connectivity index (χ2n) is 16.8. The summed E-state index contributed by atoms with van der Waals surface area (Å²) in [6.07, 6.45) is 6.62. The zero-order chi connectivity index (χ0) is 37.7. The van der Waals surface area contributed by atoms with E-state index in [1.807, 2.05) is 0 Å². The molecule has 0 fully saturated rings. The highest BCUT2D eigenvalue weighted by Crippen LogP contribution is 2.57. The van der Waals surface area contributed by atoms with Gasteiger partial charge in [0.1, 0.15) is 0 Å². The molecule has 0 spiro atoms. The summed E-state index contributed by atoms with van der Waals surface area (Å²) < 4.78 is 4.65. The molecular weight excluding hydrogens is 681 g/mol. The summed E-state index contributed by atoms with van der Waals surface area (Å²) in [5, 5.41) is 5.28. The van der Waals surface area contributed by atoms with Gasteiger partial charge >= 0.3 is 0 Å². The van der Waals surface area contributed by atoms with Gasteiger partial charge in [0, 0.05) is 68.8 Å². The molecule has 2 atom stereocenters. The molecule has 55 heavy (non-hydrogen) atoms. The molecule has 2 aliphatic rings. The molecular formula is C52H48N2Si. The molecule has 0 bridgehead atoms. The third kappa shape index (κ3) is 4.85. The van der Waals surface area contributed by atoms with Crippen LogP contribution in [0.15, 0.2) is 145 Å². The molecule has 0 radical (unpaired) electrons. The van der Waals surface area contributed by atoms with Crippen molar-refractivity contribution in [2.75, 3.05) is 0 Å². The minimum Gasteiger partial charge on any atom is -0.344 e. The van der Waals surface area contributed by atoms with E-state index in [4.69, 9.17) is 0 Å². The van der Waals surface area contributed by atoms with E-state index in [0.29, 0.717) is 11.1 Å². The number of aryl methyl sites for hydroxylation is 2. The van der Waals surface area contributed by atoms with Crippen LogP contribution in [0, 0.1) is 0 Å². The standard InChI is InChI=1S/C52H48N2Si/c1-8-9-16-36-33(3)52(42-22-15-20-38(50(36)42)35-26-28-49-45(31-35)40-18-11-13-24-47(40)54(49)5)55(6,7)51-32(2)29-43-37(19-14-21-41(43)51)34-25-27-48-44(30-34)39-17-10-12-23-46(39)53(48)4/h8,10-15,17-31,51-52H,1,9,16H2,2-7H3. The molecule has 270 valence electrons. The summed E-state index contributed by atoms with van der Waals surface area (Å²) in [6.45, 7) is 14.4. The molecule has 0 amide bonds. The Morgan fingerprint density at radius 1 is 0.600 bits per heavy atom. The van der Waals surface area contributed by atoms with Crippen LogP contribution in [-0.4, -0.2) is 17.2 Å². The normalized spacial score (nSPS) is 16.8. The van der Waals surface area contributed by atoms with Crippen molar-refractivity contribution in [3.63, 3.8) is 0 Å². The lowest BCUT2D eigenvalue weighted by Crippen LogP contribution is -2.42. The topological polar surface area (TPSA) is 9.86 Å². The summed E-state index contributed by atoms with van der Waals surface area (Å²) in [7, 11) is 2.26. The van der Waals surface area contributed by atoms with Gasteiger partial charge in [-0.1, -0.05) is 121 Å². The van der Waals surface area contributed by atoms with Gasteiger partial charge in [-0.25, -0.2) is 0 Å².